The first-order valence-electron chi connectivity index (χ1n) is 13.6. The van der Waals surface area contributed by atoms with Gasteiger partial charge in [-0.2, -0.15) is 0 Å². The van der Waals surface area contributed by atoms with Crippen LogP contribution in [0.15, 0.2) is 11.6 Å². The van der Waals surface area contributed by atoms with Crippen molar-refractivity contribution >= 4 is 5.97 Å². The summed E-state index contributed by atoms with van der Waals surface area (Å²) in [6.45, 7) is 4.49. The number of ether oxygens (including phenoxy) is 3. The van der Waals surface area contributed by atoms with Crippen LogP contribution in [-0.2, 0) is 19.0 Å². The molecule has 186 valence electrons. The average molecular weight is 461 g/mol. The lowest BCUT2D eigenvalue weighted by molar-refractivity contribution is -0.279. The van der Waals surface area contributed by atoms with E-state index in [-0.39, 0.29) is 34.8 Å². The number of carbonyl (C=O) groups excluding carboxylic acids is 1. The molecule has 0 unspecified atom stereocenters. The molecule has 5 aliphatic carbocycles. The molecule has 0 amide bonds. The predicted molar refractivity (Wildman–Crippen MR) is 126 cm³/mol. The van der Waals surface area contributed by atoms with Crippen LogP contribution in [0.25, 0.3) is 0 Å². The SMILES string of the molecule is COC1(O[C@H]2CC[C@H]3[C@@H]4CC=C5C[C@@H](O)CC[C@]5(COC(C)=O)[C@H]4CC[C@]23C)CCCCC1. The van der Waals surface area contributed by atoms with E-state index in [0.29, 0.717) is 24.4 Å². The van der Waals surface area contributed by atoms with Gasteiger partial charge in [0.2, 0.25) is 0 Å². The van der Waals surface area contributed by atoms with E-state index >= 15 is 0 Å². The number of methoxy groups -OCH3 is 1. The van der Waals surface area contributed by atoms with Crippen molar-refractivity contribution in [3.63, 3.8) is 0 Å². The molecule has 0 aromatic rings. The lowest BCUT2D eigenvalue weighted by Crippen LogP contribution is -2.55. The van der Waals surface area contributed by atoms with Gasteiger partial charge in [-0.25, -0.2) is 0 Å². The van der Waals surface area contributed by atoms with E-state index in [1.54, 1.807) is 0 Å². The van der Waals surface area contributed by atoms with Gasteiger partial charge in [-0.15, -0.1) is 0 Å². The summed E-state index contributed by atoms with van der Waals surface area (Å²) >= 11 is 0. The van der Waals surface area contributed by atoms with Gasteiger partial charge in [-0.3, -0.25) is 4.79 Å². The van der Waals surface area contributed by atoms with E-state index < -0.39 is 0 Å². The van der Waals surface area contributed by atoms with Crippen molar-refractivity contribution < 1.29 is 24.1 Å². The number of aliphatic hydroxyl groups excluding tert-OH is 1. The molecule has 5 heteroatoms. The summed E-state index contributed by atoms with van der Waals surface area (Å²) in [6.07, 6.45) is 16.4. The van der Waals surface area contributed by atoms with Crippen LogP contribution in [0.2, 0.25) is 0 Å². The Morgan fingerprint density at radius 2 is 1.85 bits per heavy atom. The Morgan fingerprint density at radius 3 is 2.58 bits per heavy atom. The summed E-state index contributed by atoms with van der Waals surface area (Å²) in [5.41, 5.74) is 1.47. The largest absolute Gasteiger partial charge is 0.465 e. The zero-order chi connectivity index (χ0) is 23.3. The molecule has 4 saturated carbocycles. The number of fused-ring (bicyclic) bond motifs is 5. The van der Waals surface area contributed by atoms with E-state index in [1.165, 1.54) is 44.6 Å². The third-order valence-electron chi connectivity index (χ3n) is 10.6. The molecule has 0 heterocycles. The topological polar surface area (TPSA) is 65.0 Å². The maximum atomic E-state index is 11.8. The summed E-state index contributed by atoms with van der Waals surface area (Å²) in [6, 6.07) is 0. The molecule has 5 aliphatic rings. The van der Waals surface area contributed by atoms with E-state index in [9.17, 15) is 9.90 Å². The first-order valence-corrected chi connectivity index (χ1v) is 13.6. The fourth-order valence-corrected chi connectivity index (χ4v) is 8.80. The van der Waals surface area contributed by atoms with E-state index in [2.05, 4.69) is 13.0 Å². The summed E-state index contributed by atoms with van der Waals surface area (Å²) in [5, 5.41) is 10.4. The van der Waals surface area contributed by atoms with Crippen LogP contribution in [0.1, 0.15) is 97.3 Å². The molecule has 4 fully saturated rings. The molecule has 0 aromatic carbocycles. The molecule has 0 saturated heterocycles. The highest BCUT2D eigenvalue weighted by Crippen LogP contribution is 2.66. The Bertz CT molecular complexity index is 770. The molecule has 0 spiro atoms. The first kappa shape index (κ1) is 23.8. The zero-order valence-corrected chi connectivity index (χ0v) is 20.9. The van der Waals surface area contributed by atoms with Crippen LogP contribution in [0.3, 0.4) is 0 Å². The molecular formula is C28H44O5. The van der Waals surface area contributed by atoms with Crippen molar-refractivity contribution in [3.8, 4) is 0 Å². The van der Waals surface area contributed by atoms with Crippen LogP contribution in [0.4, 0.5) is 0 Å². The number of esters is 1. The van der Waals surface area contributed by atoms with E-state index in [1.807, 2.05) is 7.11 Å². The van der Waals surface area contributed by atoms with Gasteiger partial charge in [0.05, 0.1) is 12.2 Å². The predicted octanol–water partition coefficient (Wildman–Crippen LogP) is 5.55. The fourth-order valence-electron chi connectivity index (χ4n) is 8.80. The second-order valence-electron chi connectivity index (χ2n) is 12.1. The summed E-state index contributed by atoms with van der Waals surface area (Å²) < 4.78 is 18.7. The van der Waals surface area contributed by atoms with Crippen molar-refractivity contribution in [3.05, 3.63) is 11.6 Å². The van der Waals surface area contributed by atoms with Gasteiger partial charge in [-0.05, 0) is 87.4 Å². The molecule has 0 bridgehead atoms. The Morgan fingerprint density at radius 1 is 1.06 bits per heavy atom. The maximum absolute atomic E-state index is 11.8. The summed E-state index contributed by atoms with van der Waals surface area (Å²) in [4.78, 5) is 11.8. The highest BCUT2D eigenvalue weighted by Gasteiger charge is 2.61. The van der Waals surface area contributed by atoms with Crippen LogP contribution < -0.4 is 0 Å². The van der Waals surface area contributed by atoms with Crippen molar-refractivity contribution in [2.45, 2.75) is 115 Å². The number of hydrogen-bond acceptors (Lipinski definition) is 5. The van der Waals surface area contributed by atoms with Crippen molar-refractivity contribution in [1.82, 2.24) is 0 Å². The Hall–Kier alpha value is -0.910. The van der Waals surface area contributed by atoms with Crippen LogP contribution in [0, 0.1) is 28.6 Å². The smallest absolute Gasteiger partial charge is 0.302 e. The van der Waals surface area contributed by atoms with Crippen LogP contribution in [-0.4, -0.2) is 42.8 Å². The molecular weight excluding hydrogens is 416 g/mol. The highest BCUT2D eigenvalue weighted by molar-refractivity contribution is 5.66. The van der Waals surface area contributed by atoms with Gasteiger partial charge in [-0.1, -0.05) is 25.0 Å². The first-order chi connectivity index (χ1) is 15.8. The minimum absolute atomic E-state index is 0.0782. The maximum Gasteiger partial charge on any atom is 0.302 e. The number of rotatable bonds is 5. The molecule has 7 atom stereocenters. The van der Waals surface area contributed by atoms with Gasteiger partial charge in [0.1, 0.15) is 6.61 Å². The fraction of sp³-hybridized carbons (Fsp3) is 0.893. The highest BCUT2D eigenvalue weighted by atomic mass is 16.7. The minimum Gasteiger partial charge on any atom is -0.465 e. The van der Waals surface area contributed by atoms with E-state index in [0.717, 1.165) is 51.4 Å². The third-order valence-corrected chi connectivity index (χ3v) is 10.6. The Balaban J connectivity index is 1.39. The number of aliphatic hydroxyl groups is 1. The quantitative estimate of drug-likeness (QED) is 0.331. The Kier molecular flexibility index (Phi) is 6.46. The molecule has 0 aliphatic heterocycles. The number of allylic oxidation sites excluding steroid dienone is 1. The van der Waals surface area contributed by atoms with Gasteiger partial charge in [0.15, 0.2) is 5.79 Å². The lowest BCUT2D eigenvalue weighted by atomic mass is 9.47. The monoisotopic (exact) mass is 460 g/mol. The minimum atomic E-state index is -0.382. The summed E-state index contributed by atoms with van der Waals surface area (Å²) in [5.74, 6) is 1.21. The Labute approximate surface area is 199 Å². The van der Waals surface area contributed by atoms with Gasteiger partial charge in [0.25, 0.3) is 0 Å². The normalized spacial score (nSPS) is 44.2. The molecule has 5 rings (SSSR count). The molecule has 0 aromatic heterocycles. The van der Waals surface area contributed by atoms with Crippen LogP contribution in [0.5, 0.6) is 0 Å². The number of carbonyl (C=O) groups is 1. The third kappa shape index (κ3) is 4.00. The van der Waals surface area contributed by atoms with E-state index in [4.69, 9.17) is 14.2 Å². The molecule has 33 heavy (non-hydrogen) atoms. The van der Waals surface area contributed by atoms with Gasteiger partial charge >= 0.3 is 5.97 Å². The zero-order valence-electron chi connectivity index (χ0n) is 20.9. The van der Waals surface area contributed by atoms with Crippen molar-refractivity contribution in [2.24, 2.45) is 28.6 Å². The lowest BCUT2D eigenvalue weighted by Gasteiger charge is -2.58. The summed E-state index contributed by atoms with van der Waals surface area (Å²) in [7, 11) is 1.83. The average Bonchev–Trinajstić information content (AvgIpc) is 3.14. The van der Waals surface area contributed by atoms with Gasteiger partial charge in [0, 0.05) is 32.3 Å². The molecule has 0 radical (unpaired) electrons. The molecule has 5 nitrogen and oxygen atoms in total. The van der Waals surface area contributed by atoms with Gasteiger partial charge < -0.3 is 19.3 Å². The van der Waals surface area contributed by atoms with Crippen molar-refractivity contribution in [2.75, 3.05) is 13.7 Å². The molecule has 1 N–H and O–H groups in total. The standard InChI is InChI=1S/C28H44O5/c1-19(29)32-18-27-16-11-21(30)17-20(27)7-8-22-23-9-10-25(26(23,2)15-12-24(22)27)33-28(31-3)13-5-4-6-14-28/h7,21-25,30H,4-6,8-18H2,1-3H3/t21-,22-,23-,24-,25-,26-,27+/m0/s1. The van der Waals surface area contributed by atoms with Crippen LogP contribution >= 0.6 is 0 Å². The second-order valence-corrected chi connectivity index (χ2v) is 12.1. The van der Waals surface area contributed by atoms with Crippen molar-refractivity contribution in [1.29, 1.82) is 0 Å². The second kappa shape index (κ2) is 8.95. The number of hydrogen-bond donors (Lipinski definition) is 1.